The molecule has 0 saturated heterocycles. The van der Waals surface area contributed by atoms with Crippen LogP contribution < -0.4 is 0 Å². The highest BCUT2D eigenvalue weighted by Crippen LogP contribution is 2.40. The average molecular weight is 253 g/mol. The van der Waals surface area contributed by atoms with E-state index in [2.05, 4.69) is 35.0 Å². The fraction of sp³-hybridized carbons (Fsp3) is 0.417. The number of ketones is 1. The van der Waals surface area contributed by atoms with Gasteiger partial charge in [0.25, 0.3) is 0 Å². The summed E-state index contributed by atoms with van der Waals surface area (Å²) in [5, 5.41) is 0. The lowest BCUT2D eigenvalue weighted by Gasteiger charge is -2.21. The van der Waals surface area contributed by atoms with Crippen LogP contribution in [-0.4, -0.2) is 5.78 Å². The van der Waals surface area contributed by atoms with Gasteiger partial charge in [-0.1, -0.05) is 22.0 Å². The summed E-state index contributed by atoms with van der Waals surface area (Å²) in [6.07, 6.45) is 1.97. The van der Waals surface area contributed by atoms with Crippen molar-refractivity contribution in [3.8, 4) is 0 Å². The van der Waals surface area contributed by atoms with E-state index in [1.807, 2.05) is 6.07 Å². The molecule has 0 amide bonds. The molecule has 1 unspecified atom stereocenters. The van der Waals surface area contributed by atoms with Gasteiger partial charge in [0.2, 0.25) is 0 Å². The molecule has 1 aliphatic rings. The second-order valence-electron chi connectivity index (χ2n) is 4.19. The fourth-order valence-electron chi connectivity index (χ4n) is 2.19. The number of carbonyl (C=O) groups excluding carboxylic acids is 1. The summed E-state index contributed by atoms with van der Waals surface area (Å²) in [6.45, 7) is 3.74. The van der Waals surface area contributed by atoms with Crippen LogP contribution in [0.1, 0.15) is 31.4 Å². The van der Waals surface area contributed by atoms with E-state index in [0.717, 1.165) is 17.3 Å². The van der Waals surface area contributed by atoms with Crippen molar-refractivity contribution in [1.82, 2.24) is 0 Å². The van der Waals surface area contributed by atoms with Gasteiger partial charge in [-0.25, -0.2) is 0 Å². The molecule has 1 atom stereocenters. The van der Waals surface area contributed by atoms with Gasteiger partial charge in [-0.15, -0.1) is 0 Å². The first-order valence-corrected chi connectivity index (χ1v) is 5.63. The molecule has 0 spiro atoms. The number of carbonyl (C=O) groups is 1. The molecule has 1 aromatic rings. The van der Waals surface area contributed by atoms with Crippen LogP contribution >= 0.6 is 15.9 Å². The number of hydrogen-bond donors (Lipinski definition) is 0. The Kier molecular flexibility index (Phi) is 2.26. The number of Topliss-reactive ketones (excluding diaryl/α,β-unsaturated/α-hetero) is 1. The van der Waals surface area contributed by atoms with Crippen LogP contribution in [0.5, 0.6) is 0 Å². The lowest BCUT2D eigenvalue weighted by atomic mass is 9.81. The zero-order valence-corrected chi connectivity index (χ0v) is 10.0. The first-order chi connectivity index (χ1) is 6.54. The quantitative estimate of drug-likeness (QED) is 0.750. The fourth-order valence-corrected chi connectivity index (χ4v) is 2.60. The topological polar surface area (TPSA) is 17.1 Å². The van der Waals surface area contributed by atoms with Crippen molar-refractivity contribution in [2.45, 2.75) is 32.1 Å². The van der Waals surface area contributed by atoms with E-state index in [0.29, 0.717) is 0 Å². The van der Waals surface area contributed by atoms with Crippen molar-refractivity contribution >= 4 is 21.7 Å². The molecule has 0 bridgehead atoms. The van der Waals surface area contributed by atoms with Crippen molar-refractivity contribution in [1.29, 1.82) is 0 Å². The molecule has 0 fully saturated rings. The van der Waals surface area contributed by atoms with Gasteiger partial charge in [-0.3, -0.25) is 4.79 Å². The molecule has 0 N–H and O–H groups in total. The maximum Gasteiger partial charge on any atom is 0.140 e. The van der Waals surface area contributed by atoms with Crippen LogP contribution in [-0.2, 0) is 16.6 Å². The van der Waals surface area contributed by atoms with Crippen molar-refractivity contribution in [2.75, 3.05) is 0 Å². The summed E-state index contributed by atoms with van der Waals surface area (Å²) in [7, 11) is 0. The summed E-state index contributed by atoms with van der Waals surface area (Å²) in [5.41, 5.74) is 2.29. The Morgan fingerprint density at radius 2 is 2.21 bits per heavy atom. The summed E-state index contributed by atoms with van der Waals surface area (Å²) in [6, 6.07) is 6.22. The highest BCUT2D eigenvalue weighted by molar-refractivity contribution is 9.10. The van der Waals surface area contributed by atoms with Gasteiger partial charge in [0.15, 0.2) is 0 Å². The predicted molar refractivity (Wildman–Crippen MR) is 60.5 cm³/mol. The van der Waals surface area contributed by atoms with Crippen molar-refractivity contribution < 1.29 is 4.79 Å². The van der Waals surface area contributed by atoms with Gasteiger partial charge in [-0.05, 0) is 49.9 Å². The number of fused-ring (bicyclic) bond motifs is 1. The average Bonchev–Trinajstić information content (AvgIpc) is 2.45. The van der Waals surface area contributed by atoms with Gasteiger partial charge < -0.3 is 0 Å². The van der Waals surface area contributed by atoms with Gasteiger partial charge >= 0.3 is 0 Å². The molecule has 14 heavy (non-hydrogen) atoms. The Morgan fingerprint density at radius 1 is 1.50 bits per heavy atom. The van der Waals surface area contributed by atoms with Crippen molar-refractivity contribution in [3.05, 3.63) is 33.8 Å². The summed E-state index contributed by atoms with van der Waals surface area (Å²) in [4.78, 5) is 11.6. The van der Waals surface area contributed by atoms with Gasteiger partial charge in [0.1, 0.15) is 5.78 Å². The van der Waals surface area contributed by atoms with Crippen LogP contribution in [0.2, 0.25) is 0 Å². The summed E-state index contributed by atoms with van der Waals surface area (Å²) in [5.74, 6) is 0.276. The third-order valence-electron chi connectivity index (χ3n) is 3.33. The molecule has 0 aliphatic heterocycles. The van der Waals surface area contributed by atoms with Gasteiger partial charge in [0.05, 0.1) is 5.41 Å². The Hall–Kier alpha value is -0.630. The van der Waals surface area contributed by atoms with E-state index in [1.165, 1.54) is 11.1 Å². The van der Waals surface area contributed by atoms with Crippen LogP contribution in [0.15, 0.2) is 22.7 Å². The first kappa shape index (κ1) is 9.91. The second kappa shape index (κ2) is 3.20. The molecule has 0 radical (unpaired) electrons. The molecule has 0 heterocycles. The largest absolute Gasteiger partial charge is 0.299 e. The molecule has 1 aromatic carbocycles. The molecule has 2 heteroatoms. The second-order valence-corrected chi connectivity index (χ2v) is 5.11. The summed E-state index contributed by atoms with van der Waals surface area (Å²) >= 11 is 3.45. The molecule has 1 nitrogen and oxygen atoms in total. The molecular formula is C12H13BrO. The zero-order valence-electron chi connectivity index (χ0n) is 8.43. The van der Waals surface area contributed by atoms with E-state index in [-0.39, 0.29) is 11.2 Å². The first-order valence-electron chi connectivity index (χ1n) is 4.84. The number of benzene rings is 1. The smallest absolute Gasteiger partial charge is 0.140 e. The molecular weight excluding hydrogens is 240 g/mol. The van der Waals surface area contributed by atoms with Gasteiger partial charge in [-0.2, -0.15) is 0 Å². The Bertz CT molecular complexity index is 397. The Morgan fingerprint density at radius 3 is 2.86 bits per heavy atom. The normalized spacial score (nSPS) is 24.8. The molecule has 0 aromatic heterocycles. The van der Waals surface area contributed by atoms with Crippen LogP contribution in [0.3, 0.4) is 0 Å². The highest BCUT2D eigenvalue weighted by atomic mass is 79.9. The lowest BCUT2D eigenvalue weighted by molar-refractivity contribution is -0.121. The highest BCUT2D eigenvalue weighted by Gasteiger charge is 2.38. The Labute approximate surface area is 92.6 Å². The van der Waals surface area contributed by atoms with Crippen LogP contribution in [0.4, 0.5) is 0 Å². The van der Waals surface area contributed by atoms with E-state index in [9.17, 15) is 4.79 Å². The SMILES string of the molecule is CC(=O)C1(C)CCc2cc(Br)ccc21. The lowest BCUT2D eigenvalue weighted by Crippen LogP contribution is -2.27. The minimum atomic E-state index is -0.240. The van der Waals surface area contributed by atoms with Crippen LogP contribution in [0, 0.1) is 0 Å². The standard InChI is InChI=1S/C12H13BrO/c1-8(14)12(2)6-5-9-7-10(13)3-4-11(9)12/h3-4,7H,5-6H2,1-2H3. The van der Waals surface area contributed by atoms with E-state index < -0.39 is 0 Å². The Balaban J connectivity index is 2.55. The number of rotatable bonds is 1. The minimum Gasteiger partial charge on any atom is -0.299 e. The minimum absolute atomic E-state index is 0.240. The predicted octanol–water partition coefficient (Wildman–Crippen LogP) is 3.24. The third kappa shape index (κ3) is 1.33. The van der Waals surface area contributed by atoms with E-state index in [1.54, 1.807) is 6.92 Å². The monoisotopic (exact) mass is 252 g/mol. The molecule has 2 rings (SSSR count). The maximum absolute atomic E-state index is 11.6. The summed E-state index contributed by atoms with van der Waals surface area (Å²) < 4.78 is 1.10. The number of hydrogen-bond acceptors (Lipinski definition) is 1. The van der Waals surface area contributed by atoms with E-state index in [4.69, 9.17) is 0 Å². The van der Waals surface area contributed by atoms with Gasteiger partial charge in [0, 0.05) is 4.47 Å². The van der Waals surface area contributed by atoms with E-state index >= 15 is 0 Å². The number of halogens is 1. The maximum atomic E-state index is 11.6. The van der Waals surface area contributed by atoms with Crippen LogP contribution in [0.25, 0.3) is 0 Å². The van der Waals surface area contributed by atoms with Crippen molar-refractivity contribution in [2.24, 2.45) is 0 Å². The third-order valence-corrected chi connectivity index (χ3v) is 3.83. The zero-order chi connectivity index (χ0) is 10.3. The molecule has 74 valence electrons. The molecule has 0 saturated carbocycles. The van der Waals surface area contributed by atoms with Crippen molar-refractivity contribution in [3.63, 3.8) is 0 Å². The number of aryl methyl sites for hydroxylation is 1. The molecule has 1 aliphatic carbocycles.